The summed E-state index contributed by atoms with van der Waals surface area (Å²) in [4.78, 5) is 0. The molecule has 1 aliphatic carbocycles. The van der Waals surface area contributed by atoms with Crippen LogP contribution < -0.4 is 0 Å². The molecule has 0 aromatic heterocycles. The van der Waals surface area contributed by atoms with Gasteiger partial charge in [0.05, 0.1) is 0 Å². The Kier molecular flexibility index (Phi) is 3.62. The van der Waals surface area contributed by atoms with E-state index in [4.69, 9.17) is 0 Å². The lowest BCUT2D eigenvalue weighted by Crippen LogP contribution is -2.00. The van der Waals surface area contributed by atoms with Gasteiger partial charge in [0.2, 0.25) is 0 Å². The molecule has 0 spiro atoms. The summed E-state index contributed by atoms with van der Waals surface area (Å²) in [5, 5.41) is 0. The first-order chi connectivity index (χ1) is 9.68. The van der Waals surface area contributed by atoms with E-state index in [0.717, 1.165) is 0 Å². The molecule has 3 rings (SSSR count). The molecule has 0 radical (unpaired) electrons. The van der Waals surface area contributed by atoms with Gasteiger partial charge in [0.25, 0.3) is 0 Å². The summed E-state index contributed by atoms with van der Waals surface area (Å²) in [6.07, 6.45) is 2.32. The summed E-state index contributed by atoms with van der Waals surface area (Å²) in [6, 6.07) is 19.3. The molecule has 1 unspecified atom stereocenters. The van der Waals surface area contributed by atoms with Gasteiger partial charge in [-0.15, -0.1) is 0 Å². The van der Waals surface area contributed by atoms with Crippen LogP contribution >= 0.6 is 15.9 Å². The maximum atomic E-state index is 3.82. The molecule has 0 aliphatic heterocycles. The predicted octanol–water partition coefficient (Wildman–Crippen LogP) is 6.01. The van der Waals surface area contributed by atoms with Gasteiger partial charge in [-0.1, -0.05) is 76.1 Å². The molecule has 0 nitrogen and oxygen atoms in total. The van der Waals surface area contributed by atoms with Crippen LogP contribution in [0.3, 0.4) is 0 Å². The normalized spacial score (nSPS) is 16.6. The molecule has 1 heteroatoms. The first-order valence-electron chi connectivity index (χ1n) is 6.87. The highest BCUT2D eigenvalue weighted by Crippen LogP contribution is 2.48. The van der Waals surface area contributed by atoms with Crippen LogP contribution in [0.4, 0.5) is 0 Å². The Hall–Kier alpha value is -1.60. The zero-order chi connectivity index (χ0) is 14.1. The summed E-state index contributed by atoms with van der Waals surface area (Å²) >= 11 is 3.82. The molecule has 0 amide bonds. The highest BCUT2D eigenvalue weighted by atomic mass is 79.9. The van der Waals surface area contributed by atoms with E-state index in [1.54, 1.807) is 0 Å². The fourth-order valence-electron chi connectivity index (χ4n) is 2.77. The Bertz CT molecular complexity index is 689. The predicted molar refractivity (Wildman–Crippen MR) is 90.8 cm³/mol. The lowest BCUT2D eigenvalue weighted by Gasteiger charge is -2.18. The molecule has 1 aliphatic rings. The van der Waals surface area contributed by atoms with Crippen molar-refractivity contribution in [2.24, 2.45) is 0 Å². The number of halogens is 1. The topological polar surface area (TPSA) is 0 Å². The molecule has 0 bridgehead atoms. The minimum absolute atomic E-state index is 0.318. The Morgan fingerprint density at radius 3 is 2.25 bits per heavy atom. The Morgan fingerprint density at radius 2 is 1.55 bits per heavy atom. The van der Waals surface area contributed by atoms with E-state index in [1.165, 1.54) is 32.3 Å². The van der Waals surface area contributed by atoms with Crippen LogP contribution in [-0.4, -0.2) is 0 Å². The van der Waals surface area contributed by atoms with Gasteiger partial charge in [0, 0.05) is 10.4 Å². The molecular weight excluding hydrogens is 308 g/mol. The van der Waals surface area contributed by atoms with Crippen LogP contribution in [0.15, 0.2) is 64.7 Å². The molecule has 0 saturated carbocycles. The SMILES string of the molecule is CC(C)=C(Br)C1C(c2ccccc2)=Cc2ccccc21. The standard InChI is InChI=1S/C19H17Br/c1-13(2)19(20)18-16-11-7-6-10-15(16)12-17(18)14-8-4-3-5-9-14/h3-12,18H,1-2H3. The van der Waals surface area contributed by atoms with E-state index < -0.39 is 0 Å². The Morgan fingerprint density at radius 1 is 0.900 bits per heavy atom. The van der Waals surface area contributed by atoms with Gasteiger partial charge in [0.15, 0.2) is 0 Å². The maximum Gasteiger partial charge on any atom is 0.0417 e. The third-order valence-electron chi connectivity index (χ3n) is 3.77. The summed E-state index contributed by atoms with van der Waals surface area (Å²) < 4.78 is 1.28. The third kappa shape index (κ3) is 2.27. The van der Waals surface area contributed by atoms with Crippen LogP contribution in [0.5, 0.6) is 0 Å². The lowest BCUT2D eigenvalue weighted by molar-refractivity contribution is 1.08. The molecule has 0 saturated heterocycles. The number of benzene rings is 2. The molecule has 100 valence electrons. The molecule has 0 fully saturated rings. The second-order valence-corrected chi connectivity index (χ2v) is 6.23. The molecule has 20 heavy (non-hydrogen) atoms. The largest absolute Gasteiger partial charge is 0.0653 e. The Labute approximate surface area is 129 Å². The third-order valence-corrected chi connectivity index (χ3v) is 5.02. The van der Waals surface area contributed by atoms with Gasteiger partial charge in [-0.25, -0.2) is 0 Å². The van der Waals surface area contributed by atoms with E-state index in [9.17, 15) is 0 Å². The molecule has 0 heterocycles. The van der Waals surface area contributed by atoms with Crippen LogP contribution in [0, 0.1) is 0 Å². The molecule has 2 aromatic rings. The van der Waals surface area contributed by atoms with Gasteiger partial charge in [-0.05, 0) is 42.2 Å². The number of hydrogen-bond acceptors (Lipinski definition) is 0. The fourth-order valence-corrected chi connectivity index (χ4v) is 3.26. The summed E-state index contributed by atoms with van der Waals surface area (Å²) in [5.74, 6) is 0.318. The van der Waals surface area contributed by atoms with Crippen molar-refractivity contribution in [3.63, 3.8) is 0 Å². The smallest absolute Gasteiger partial charge is 0.0417 e. The monoisotopic (exact) mass is 324 g/mol. The van der Waals surface area contributed by atoms with Crippen molar-refractivity contribution >= 4 is 27.6 Å². The van der Waals surface area contributed by atoms with Crippen molar-refractivity contribution in [3.8, 4) is 0 Å². The average Bonchev–Trinajstić information content (AvgIpc) is 2.86. The maximum absolute atomic E-state index is 3.82. The van der Waals surface area contributed by atoms with E-state index >= 15 is 0 Å². The molecule has 1 atom stereocenters. The van der Waals surface area contributed by atoms with E-state index in [-0.39, 0.29) is 0 Å². The van der Waals surface area contributed by atoms with Crippen LogP contribution in [-0.2, 0) is 0 Å². The van der Waals surface area contributed by atoms with Crippen LogP contribution in [0.25, 0.3) is 11.6 Å². The number of allylic oxidation sites excluding steroid dienone is 3. The highest BCUT2D eigenvalue weighted by molar-refractivity contribution is 9.11. The van der Waals surface area contributed by atoms with Gasteiger partial charge < -0.3 is 0 Å². The van der Waals surface area contributed by atoms with Gasteiger partial charge >= 0.3 is 0 Å². The molecule has 0 N–H and O–H groups in total. The minimum atomic E-state index is 0.318. The molecular formula is C19H17Br. The van der Waals surface area contributed by atoms with Crippen molar-refractivity contribution < 1.29 is 0 Å². The summed E-state index contributed by atoms with van der Waals surface area (Å²) in [7, 11) is 0. The quantitative estimate of drug-likeness (QED) is 0.634. The summed E-state index contributed by atoms with van der Waals surface area (Å²) in [6.45, 7) is 4.32. The zero-order valence-electron chi connectivity index (χ0n) is 11.7. The van der Waals surface area contributed by atoms with Gasteiger partial charge in [0.1, 0.15) is 0 Å². The second-order valence-electron chi connectivity index (χ2n) is 5.38. The van der Waals surface area contributed by atoms with Crippen molar-refractivity contribution in [3.05, 3.63) is 81.3 Å². The van der Waals surface area contributed by atoms with Crippen molar-refractivity contribution in [1.82, 2.24) is 0 Å². The van der Waals surface area contributed by atoms with Crippen molar-refractivity contribution in [2.45, 2.75) is 19.8 Å². The highest BCUT2D eigenvalue weighted by Gasteiger charge is 2.28. The lowest BCUT2D eigenvalue weighted by atomic mass is 9.90. The van der Waals surface area contributed by atoms with Crippen LogP contribution in [0.1, 0.15) is 36.5 Å². The number of hydrogen-bond donors (Lipinski definition) is 0. The summed E-state index contributed by atoms with van der Waals surface area (Å²) in [5.41, 5.74) is 6.72. The van der Waals surface area contributed by atoms with Crippen molar-refractivity contribution in [2.75, 3.05) is 0 Å². The average molecular weight is 325 g/mol. The van der Waals surface area contributed by atoms with Crippen molar-refractivity contribution in [1.29, 1.82) is 0 Å². The van der Waals surface area contributed by atoms with E-state index in [1.807, 2.05) is 0 Å². The van der Waals surface area contributed by atoms with E-state index in [0.29, 0.717) is 5.92 Å². The first kappa shape index (κ1) is 13.4. The first-order valence-corrected chi connectivity index (χ1v) is 7.66. The van der Waals surface area contributed by atoms with E-state index in [2.05, 4.69) is 90.5 Å². The second kappa shape index (κ2) is 5.41. The van der Waals surface area contributed by atoms with Crippen LogP contribution in [0.2, 0.25) is 0 Å². The number of rotatable bonds is 2. The van der Waals surface area contributed by atoms with Gasteiger partial charge in [-0.2, -0.15) is 0 Å². The zero-order valence-corrected chi connectivity index (χ0v) is 13.3. The Balaban J connectivity index is 2.18. The number of fused-ring (bicyclic) bond motifs is 1. The van der Waals surface area contributed by atoms with Gasteiger partial charge in [-0.3, -0.25) is 0 Å². The molecule has 2 aromatic carbocycles. The fraction of sp³-hybridized carbons (Fsp3) is 0.158. The minimum Gasteiger partial charge on any atom is -0.0653 e.